The first-order chi connectivity index (χ1) is 14.5. The average molecular weight is 421 g/mol. The summed E-state index contributed by atoms with van der Waals surface area (Å²) in [6, 6.07) is 18.6. The topological polar surface area (TPSA) is 67.4 Å². The normalized spacial score (nSPS) is 11.1. The molecule has 5 nitrogen and oxygen atoms in total. The first kappa shape index (κ1) is 21.3. The molecule has 154 valence electrons. The number of hydrogen-bond donors (Lipinski definition) is 2. The molecule has 0 aliphatic rings. The van der Waals surface area contributed by atoms with E-state index in [2.05, 4.69) is 10.6 Å². The number of amides is 2. The van der Waals surface area contributed by atoms with Crippen molar-refractivity contribution in [1.29, 1.82) is 0 Å². The second-order valence-electron chi connectivity index (χ2n) is 6.66. The minimum atomic E-state index is -0.349. The van der Waals surface area contributed by atoms with E-state index in [1.54, 1.807) is 18.2 Å². The highest BCUT2D eigenvalue weighted by Gasteiger charge is 2.15. The summed E-state index contributed by atoms with van der Waals surface area (Å²) in [6.45, 7) is 4.80. The number of hydrogen-bond acceptors (Lipinski definition) is 4. The van der Waals surface area contributed by atoms with Crippen LogP contribution >= 0.6 is 11.3 Å². The molecule has 1 heterocycles. The van der Waals surface area contributed by atoms with Crippen molar-refractivity contribution in [3.8, 4) is 5.75 Å². The van der Waals surface area contributed by atoms with Gasteiger partial charge in [-0.25, -0.2) is 0 Å². The molecule has 0 spiro atoms. The minimum Gasteiger partial charge on any atom is -0.494 e. The molecular weight excluding hydrogens is 396 g/mol. The zero-order chi connectivity index (χ0) is 21.3. The Bertz CT molecular complexity index is 1020. The largest absolute Gasteiger partial charge is 0.494 e. The quantitative estimate of drug-likeness (QED) is 0.526. The maximum atomic E-state index is 12.8. The molecule has 1 aromatic heterocycles. The number of carbonyl (C=O) groups excluding carboxylic acids is 2. The lowest BCUT2D eigenvalue weighted by molar-refractivity contribution is -0.117. The lowest BCUT2D eigenvalue weighted by Gasteiger charge is -2.12. The Balaban J connectivity index is 1.71. The highest BCUT2D eigenvalue weighted by Crippen LogP contribution is 2.15. The summed E-state index contributed by atoms with van der Waals surface area (Å²) in [4.78, 5) is 26.4. The maximum absolute atomic E-state index is 12.8. The number of thiophene rings is 1. The zero-order valence-corrected chi connectivity index (χ0v) is 17.8. The predicted octanol–water partition coefficient (Wildman–Crippen LogP) is 4.54. The van der Waals surface area contributed by atoms with Gasteiger partial charge in [-0.1, -0.05) is 35.9 Å². The highest BCUT2D eigenvalue weighted by atomic mass is 32.1. The van der Waals surface area contributed by atoms with Gasteiger partial charge >= 0.3 is 0 Å². The second-order valence-corrected chi connectivity index (χ2v) is 7.64. The number of rotatable bonds is 8. The van der Waals surface area contributed by atoms with Gasteiger partial charge in [0.15, 0.2) is 0 Å². The summed E-state index contributed by atoms with van der Waals surface area (Å²) >= 11 is 1.49. The van der Waals surface area contributed by atoms with Gasteiger partial charge in [-0.3, -0.25) is 9.59 Å². The molecule has 0 fully saturated rings. The molecule has 0 radical (unpaired) electrons. The molecule has 30 heavy (non-hydrogen) atoms. The molecule has 2 aromatic carbocycles. The van der Waals surface area contributed by atoms with Crippen LogP contribution in [-0.2, 0) is 11.3 Å². The Morgan fingerprint density at radius 3 is 2.53 bits per heavy atom. The van der Waals surface area contributed by atoms with Gasteiger partial charge in [0, 0.05) is 17.0 Å². The van der Waals surface area contributed by atoms with Crippen molar-refractivity contribution < 1.29 is 14.3 Å². The fourth-order valence-corrected chi connectivity index (χ4v) is 3.46. The summed E-state index contributed by atoms with van der Waals surface area (Å²) in [5.41, 5.74) is 2.62. The number of nitrogens with one attached hydrogen (secondary N) is 2. The monoisotopic (exact) mass is 420 g/mol. The van der Waals surface area contributed by atoms with Gasteiger partial charge in [0.25, 0.3) is 11.8 Å². The summed E-state index contributed by atoms with van der Waals surface area (Å²) in [7, 11) is 0. The van der Waals surface area contributed by atoms with Gasteiger partial charge in [0.1, 0.15) is 11.4 Å². The molecule has 0 aliphatic carbocycles. The summed E-state index contributed by atoms with van der Waals surface area (Å²) in [5, 5.41) is 7.55. The van der Waals surface area contributed by atoms with E-state index in [9.17, 15) is 9.59 Å². The molecule has 0 aliphatic heterocycles. The van der Waals surface area contributed by atoms with E-state index in [1.807, 2.05) is 67.8 Å². The maximum Gasteiger partial charge on any atom is 0.268 e. The third kappa shape index (κ3) is 6.06. The van der Waals surface area contributed by atoms with Crippen LogP contribution in [0.25, 0.3) is 6.08 Å². The van der Waals surface area contributed by atoms with Crippen LogP contribution in [0, 0.1) is 6.92 Å². The van der Waals surface area contributed by atoms with Crippen LogP contribution in [0.4, 0.5) is 0 Å². The van der Waals surface area contributed by atoms with Gasteiger partial charge in [-0.15, -0.1) is 11.3 Å². The second kappa shape index (κ2) is 10.4. The molecule has 3 rings (SSSR count). The minimum absolute atomic E-state index is 0.204. The fourth-order valence-electron chi connectivity index (χ4n) is 2.80. The van der Waals surface area contributed by atoms with E-state index < -0.39 is 0 Å². The van der Waals surface area contributed by atoms with Crippen LogP contribution < -0.4 is 15.4 Å². The number of benzene rings is 2. The molecular formula is C24H24N2O3S. The lowest BCUT2D eigenvalue weighted by Crippen LogP contribution is -2.34. The molecule has 3 aromatic rings. The Hall–Kier alpha value is -3.38. The van der Waals surface area contributed by atoms with Gasteiger partial charge in [0.2, 0.25) is 0 Å². The molecule has 2 N–H and O–H groups in total. The van der Waals surface area contributed by atoms with Crippen LogP contribution in [-0.4, -0.2) is 18.4 Å². The van der Waals surface area contributed by atoms with Crippen LogP contribution in [0.15, 0.2) is 71.7 Å². The smallest absolute Gasteiger partial charge is 0.268 e. The zero-order valence-electron chi connectivity index (χ0n) is 17.0. The van der Waals surface area contributed by atoms with Gasteiger partial charge < -0.3 is 15.4 Å². The molecule has 2 amide bonds. The van der Waals surface area contributed by atoms with Crippen LogP contribution in [0.2, 0.25) is 0 Å². The van der Waals surface area contributed by atoms with Gasteiger partial charge in [0.05, 0.1) is 6.61 Å². The van der Waals surface area contributed by atoms with E-state index in [4.69, 9.17) is 4.74 Å². The average Bonchev–Trinajstić information content (AvgIpc) is 3.26. The van der Waals surface area contributed by atoms with Crippen molar-refractivity contribution in [1.82, 2.24) is 10.6 Å². The third-order valence-corrected chi connectivity index (χ3v) is 5.11. The molecule has 0 unspecified atom stereocenters. The van der Waals surface area contributed by atoms with Crippen LogP contribution in [0.3, 0.4) is 0 Å². The van der Waals surface area contributed by atoms with Gasteiger partial charge in [-0.05, 0) is 61.2 Å². The lowest BCUT2D eigenvalue weighted by atomic mass is 10.1. The Kier molecular flexibility index (Phi) is 7.40. The van der Waals surface area contributed by atoms with E-state index in [0.29, 0.717) is 18.7 Å². The first-order valence-corrected chi connectivity index (χ1v) is 10.6. The van der Waals surface area contributed by atoms with Gasteiger partial charge in [-0.2, -0.15) is 0 Å². The predicted molar refractivity (Wildman–Crippen MR) is 120 cm³/mol. The van der Waals surface area contributed by atoms with Crippen molar-refractivity contribution >= 4 is 29.2 Å². The number of carbonyl (C=O) groups is 2. The molecule has 0 saturated heterocycles. The van der Waals surface area contributed by atoms with E-state index in [0.717, 1.165) is 21.8 Å². The SMILES string of the molecule is CCOc1ccc(CNC(=O)/C(=C/c2cccs2)NC(=O)c2cccc(C)c2)cc1. The van der Waals surface area contributed by atoms with Crippen LogP contribution in [0.5, 0.6) is 5.75 Å². The van der Waals surface area contributed by atoms with Crippen molar-refractivity contribution in [3.05, 3.63) is 93.3 Å². The summed E-state index contributed by atoms with van der Waals surface area (Å²) < 4.78 is 5.43. The Morgan fingerprint density at radius 1 is 1.07 bits per heavy atom. The van der Waals surface area contributed by atoms with Crippen molar-refractivity contribution in [2.75, 3.05) is 6.61 Å². The van der Waals surface area contributed by atoms with E-state index in [-0.39, 0.29) is 17.5 Å². The van der Waals surface area contributed by atoms with Crippen LogP contribution in [0.1, 0.15) is 33.3 Å². The molecule has 0 saturated carbocycles. The summed E-state index contributed by atoms with van der Waals surface area (Å²) in [6.07, 6.45) is 1.69. The Morgan fingerprint density at radius 2 is 1.87 bits per heavy atom. The first-order valence-electron chi connectivity index (χ1n) is 9.68. The number of ether oxygens (including phenoxy) is 1. The standard InChI is InChI=1S/C24H24N2O3S/c1-3-29-20-11-9-18(10-12-20)16-25-24(28)22(15-21-8-5-13-30-21)26-23(27)19-7-4-6-17(2)14-19/h4-15H,3,16H2,1-2H3,(H,25,28)(H,26,27)/b22-15-. The van der Waals surface area contributed by atoms with Crippen molar-refractivity contribution in [2.24, 2.45) is 0 Å². The number of aryl methyl sites for hydroxylation is 1. The summed E-state index contributed by atoms with van der Waals surface area (Å²) in [5.74, 6) is 0.118. The molecule has 0 atom stereocenters. The van der Waals surface area contributed by atoms with E-state index >= 15 is 0 Å². The third-order valence-electron chi connectivity index (χ3n) is 4.29. The highest BCUT2D eigenvalue weighted by molar-refractivity contribution is 7.10. The van der Waals surface area contributed by atoms with Crippen molar-refractivity contribution in [3.63, 3.8) is 0 Å². The molecule has 0 bridgehead atoms. The fraction of sp³-hybridized carbons (Fsp3) is 0.167. The Labute approximate surface area is 180 Å². The van der Waals surface area contributed by atoms with E-state index in [1.165, 1.54) is 11.3 Å². The van der Waals surface area contributed by atoms with Crippen molar-refractivity contribution in [2.45, 2.75) is 20.4 Å². The molecule has 6 heteroatoms.